The molecule has 0 bridgehead atoms. The Hall–Kier alpha value is -3.40. The molecule has 2 aromatic carbocycles. The van der Waals surface area contributed by atoms with E-state index in [1.165, 1.54) is 18.2 Å². The SMILES string of the molecule is COCCn1c(C(C)NC(=O)c2ccc3nc(C(F)(F)F)[nH]c3c2)nc2ccccc21. The number of nitrogens with one attached hydrogen (secondary N) is 2. The molecule has 0 fully saturated rings. The van der Waals surface area contributed by atoms with E-state index in [0.717, 1.165) is 11.0 Å². The van der Waals surface area contributed by atoms with E-state index in [0.29, 0.717) is 19.0 Å². The van der Waals surface area contributed by atoms with Crippen LogP contribution >= 0.6 is 0 Å². The lowest BCUT2D eigenvalue weighted by molar-refractivity contribution is -0.144. The first kappa shape index (κ1) is 20.9. The Morgan fingerprint density at radius 1 is 1.19 bits per heavy atom. The number of aromatic nitrogens is 4. The van der Waals surface area contributed by atoms with Gasteiger partial charge in [-0.05, 0) is 37.3 Å². The van der Waals surface area contributed by atoms with Crippen LogP contribution in [0.3, 0.4) is 0 Å². The predicted molar refractivity (Wildman–Crippen MR) is 109 cm³/mol. The van der Waals surface area contributed by atoms with Crippen LogP contribution in [0.1, 0.15) is 35.0 Å². The summed E-state index contributed by atoms with van der Waals surface area (Å²) in [5.74, 6) is -0.864. The molecule has 4 aromatic rings. The normalized spacial score (nSPS) is 13.1. The average molecular weight is 431 g/mol. The van der Waals surface area contributed by atoms with Crippen molar-refractivity contribution in [1.29, 1.82) is 0 Å². The van der Waals surface area contributed by atoms with Crippen molar-refractivity contribution in [3.05, 3.63) is 59.7 Å². The van der Waals surface area contributed by atoms with Gasteiger partial charge in [-0.1, -0.05) is 12.1 Å². The Bertz CT molecular complexity index is 1250. The van der Waals surface area contributed by atoms with Crippen LogP contribution in [0, 0.1) is 0 Å². The average Bonchev–Trinajstić information content (AvgIpc) is 3.33. The van der Waals surface area contributed by atoms with E-state index < -0.39 is 23.9 Å². The summed E-state index contributed by atoms with van der Waals surface area (Å²) >= 11 is 0. The van der Waals surface area contributed by atoms with E-state index in [4.69, 9.17) is 4.74 Å². The van der Waals surface area contributed by atoms with Crippen molar-refractivity contribution in [2.45, 2.75) is 25.7 Å². The second kappa shape index (κ2) is 8.03. The molecule has 10 heteroatoms. The molecule has 1 atom stereocenters. The number of carbonyl (C=O) groups is 1. The summed E-state index contributed by atoms with van der Waals surface area (Å²) in [5, 5.41) is 2.87. The van der Waals surface area contributed by atoms with E-state index in [2.05, 4.69) is 20.3 Å². The summed E-state index contributed by atoms with van der Waals surface area (Å²) in [6, 6.07) is 11.4. The van der Waals surface area contributed by atoms with Gasteiger partial charge in [-0.2, -0.15) is 13.2 Å². The highest BCUT2D eigenvalue weighted by molar-refractivity contribution is 5.97. The van der Waals surface area contributed by atoms with Gasteiger partial charge in [-0.25, -0.2) is 9.97 Å². The number of H-pyrrole nitrogens is 1. The second-order valence-electron chi connectivity index (χ2n) is 7.11. The first-order valence-electron chi connectivity index (χ1n) is 9.60. The summed E-state index contributed by atoms with van der Waals surface area (Å²) in [4.78, 5) is 23.2. The molecular weight excluding hydrogens is 411 g/mol. The molecule has 0 saturated heterocycles. The van der Waals surface area contributed by atoms with Crippen molar-refractivity contribution >= 4 is 28.0 Å². The fourth-order valence-electron chi connectivity index (χ4n) is 3.47. The number of methoxy groups -OCH3 is 1. The summed E-state index contributed by atoms with van der Waals surface area (Å²) < 4.78 is 45.8. The van der Waals surface area contributed by atoms with E-state index in [1.807, 2.05) is 28.8 Å². The van der Waals surface area contributed by atoms with Crippen molar-refractivity contribution in [3.8, 4) is 0 Å². The minimum Gasteiger partial charge on any atom is -0.383 e. The number of aromatic amines is 1. The Morgan fingerprint density at radius 3 is 2.71 bits per heavy atom. The van der Waals surface area contributed by atoms with E-state index in [-0.39, 0.29) is 16.6 Å². The number of halogens is 3. The van der Waals surface area contributed by atoms with Gasteiger partial charge < -0.3 is 19.6 Å². The lowest BCUT2D eigenvalue weighted by Gasteiger charge is -2.16. The van der Waals surface area contributed by atoms with Crippen molar-refractivity contribution in [2.24, 2.45) is 0 Å². The van der Waals surface area contributed by atoms with Gasteiger partial charge in [0.1, 0.15) is 5.82 Å². The largest absolute Gasteiger partial charge is 0.449 e. The van der Waals surface area contributed by atoms with Gasteiger partial charge in [0.25, 0.3) is 5.91 Å². The van der Waals surface area contributed by atoms with Crippen molar-refractivity contribution < 1.29 is 22.7 Å². The lowest BCUT2D eigenvalue weighted by atomic mass is 10.1. The zero-order valence-electron chi connectivity index (χ0n) is 16.8. The number of benzene rings is 2. The van der Waals surface area contributed by atoms with Crippen LogP contribution in [-0.2, 0) is 17.5 Å². The monoisotopic (exact) mass is 431 g/mol. The Labute approximate surface area is 175 Å². The Balaban J connectivity index is 1.60. The second-order valence-corrected chi connectivity index (χ2v) is 7.11. The van der Waals surface area contributed by atoms with Gasteiger partial charge in [0.15, 0.2) is 0 Å². The van der Waals surface area contributed by atoms with Crippen molar-refractivity contribution in [1.82, 2.24) is 24.8 Å². The third-order valence-corrected chi connectivity index (χ3v) is 4.95. The summed E-state index contributed by atoms with van der Waals surface area (Å²) in [6.07, 6.45) is -4.59. The minimum atomic E-state index is -4.59. The van der Waals surface area contributed by atoms with Gasteiger partial charge >= 0.3 is 6.18 Å². The molecule has 0 radical (unpaired) electrons. The van der Waals surface area contributed by atoms with E-state index in [1.54, 1.807) is 14.0 Å². The number of imidazole rings is 2. The number of alkyl halides is 3. The maximum absolute atomic E-state index is 12.9. The van der Waals surface area contributed by atoms with Crippen LogP contribution in [0.15, 0.2) is 42.5 Å². The minimum absolute atomic E-state index is 0.137. The molecular formula is C21H20F3N5O2. The number of rotatable bonds is 6. The van der Waals surface area contributed by atoms with Crippen LogP contribution in [0.4, 0.5) is 13.2 Å². The zero-order valence-corrected chi connectivity index (χ0v) is 16.8. The number of carbonyl (C=O) groups excluding carboxylic acids is 1. The fraction of sp³-hybridized carbons (Fsp3) is 0.286. The molecule has 0 aliphatic carbocycles. The number of amides is 1. The Kier molecular flexibility index (Phi) is 5.40. The fourth-order valence-corrected chi connectivity index (χ4v) is 3.47. The highest BCUT2D eigenvalue weighted by atomic mass is 19.4. The van der Waals surface area contributed by atoms with Crippen LogP contribution in [0.2, 0.25) is 0 Å². The van der Waals surface area contributed by atoms with E-state index in [9.17, 15) is 18.0 Å². The van der Waals surface area contributed by atoms with Crippen LogP contribution < -0.4 is 5.32 Å². The number of hydrogen-bond donors (Lipinski definition) is 2. The smallest absolute Gasteiger partial charge is 0.383 e. The molecule has 2 heterocycles. The van der Waals surface area contributed by atoms with E-state index >= 15 is 0 Å². The zero-order chi connectivity index (χ0) is 22.2. The molecule has 1 amide bonds. The summed E-state index contributed by atoms with van der Waals surface area (Å²) in [6.45, 7) is 2.85. The standard InChI is InChI=1S/C21H20F3N5O2/c1-12(18-26-15-5-3-4-6-17(15)29(18)9-10-31-2)25-19(30)13-7-8-14-16(11-13)28-20(27-14)21(22,23)24/h3-8,11-12H,9-10H2,1-2H3,(H,25,30)(H,27,28). The lowest BCUT2D eigenvalue weighted by Crippen LogP contribution is -2.29. The third-order valence-electron chi connectivity index (χ3n) is 4.95. The van der Waals surface area contributed by atoms with Crippen molar-refractivity contribution in [3.63, 3.8) is 0 Å². The number of hydrogen-bond acceptors (Lipinski definition) is 4. The third kappa shape index (κ3) is 4.11. The van der Waals surface area contributed by atoms with Gasteiger partial charge in [0.2, 0.25) is 5.82 Å². The molecule has 0 spiro atoms. The van der Waals surface area contributed by atoms with Gasteiger partial charge in [0.05, 0.1) is 34.7 Å². The first-order valence-corrected chi connectivity index (χ1v) is 9.60. The molecule has 0 saturated carbocycles. The molecule has 7 nitrogen and oxygen atoms in total. The Morgan fingerprint density at radius 2 is 1.97 bits per heavy atom. The molecule has 0 aliphatic heterocycles. The topological polar surface area (TPSA) is 84.8 Å². The number of para-hydroxylation sites is 2. The maximum atomic E-state index is 12.9. The van der Waals surface area contributed by atoms with Crippen LogP contribution in [0.25, 0.3) is 22.1 Å². The molecule has 2 aromatic heterocycles. The summed E-state index contributed by atoms with van der Waals surface area (Å²) in [5.41, 5.74) is 2.22. The van der Waals surface area contributed by atoms with Gasteiger partial charge in [-0.3, -0.25) is 4.79 Å². The first-order chi connectivity index (χ1) is 14.8. The number of nitrogens with zero attached hydrogens (tertiary/aromatic N) is 3. The van der Waals surface area contributed by atoms with Gasteiger partial charge in [-0.15, -0.1) is 0 Å². The van der Waals surface area contributed by atoms with Crippen LogP contribution in [-0.4, -0.2) is 39.1 Å². The predicted octanol–water partition coefficient (Wildman–Crippen LogP) is 4.07. The highest BCUT2D eigenvalue weighted by Crippen LogP contribution is 2.29. The molecule has 162 valence electrons. The molecule has 2 N–H and O–H groups in total. The van der Waals surface area contributed by atoms with Crippen molar-refractivity contribution in [2.75, 3.05) is 13.7 Å². The van der Waals surface area contributed by atoms with Crippen LogP contribution in [0.5, 0.6) is 0 Å². The maximum Gasteiger partial charge on any atom is 0.449 e. The molecule has 1 unspecified atom stereocenters. The molecule has 0 aliphatic rings. The summed E-state index contributed by atoms with van der Waals surface area (Å²) in [7, 11) is 1.61. The quantitative estimate of drug-likeness (QED) is 0.482. The highest BCUT2D eigenvalue weighted by Gasteiger charge is 2.34. The number of fused-ring (bicyclic) bond motifs is 2. The molecule has 4 rings (SSSR count). The molecule has 31 heavy (non-hydrogen) atoms. The number of ether oxygens (including phenoxy) is 1. The van der Waals surface area contributed by atoms with Gasteiger partial charge in [0, 0.05) is 19.2 Å².